The minimum Gasteiger partial charge on any atom is -0.322 e. The lowest BCUT2D eigenvalue weighted by Crippen LogP contribution is -2.08. The highest BCUT2D eigenvalue weighted by Crippen LogP contribution is 2.28. The standard InChI is InChI=1S/C21H19NOS/c1-15-8-9-16(2)19(14-15)22-21(23)13-11-18-10-12-20(24-18)17-6-4-3-5-7-17/h3-14H,1-2H3,(H,22,23)/b13-11+. The Morgan fingerprint density at radius 1 is 1.00 bits per heavy atom. The molecule has 3 rings (SSSR count). The van der Waals surface area contributed by atoms with Crippen molar-refractivity contribution in [3.8, 4) is 10.4 Å². The van der Waals surface area contributed by atoms with E-state index in [0.717, 1.165) is 21.7 Å². The number of amides is 1. The van der Waals surface area contributed by atoms with Crippen LogP contribution in [0, 0.1) is 13.8 Å². The van der Waals surface area contributed by atoms with Crippen molar-refractivity contribution in [2.24, 2.45) is 0 Å². The summed E-state index contributed by atoms with van der Waals surface area (Å²) in [5.74, 6) is -0.113. The molecule has 2 nitrogen and oxygen atoms in total. The van der Waals surface area contributed by atoms with E-state index in [2.05, 4.69) is 23.5 Å². The molecule has 2 aromatic carbocycles. The van der Waals surface area contributed by atoms with Crippen molar-refractivity contribution in [1.29, 1.82) is 0 Å². The SMILES string of the molecule is Cc1ccc(C)c(NC(=O)/C=C/c2ccc(-c3ccccc3)s2)c1. The molecule has 0 aliphatic carbocycles. The third-order valence-electron chi connectivity index (χ3n) is 3.74. The van der Waals surface area contributed by atoms with Crippen molar-refractivity contribution in [1.82, 2.24) is 0 Å². The van der Waals surface area contributed by atoms with E-state index >= 15 is 0 Å². The number of thiophene rings is 1. The Bertz CT molecular complexity index is 878. The average Bonchev–Trinajstić information content (AvgIpc) is 3.06. The Balaban J connectivity index is 1.69. The van der Waals surface area contributed by atoms with Gasteiger partial charge in [0.2, 0.25) is 5.91 Å². The van der Waals surface area contributed by atoms with Crippen molar-refractivity contribution in [3.63, 3.8) is 0 Å². The minimum atomic E-state index is -0.113. The van der Waals surface area contributed by atoms with Gasteiger partial charge in [-0.3, -0.25) is 4.79 Å². The molecule has 1 heterocycles. The van der Waals surface area contributed by atoms with Crippen LogP contribution >= 0.6 is 11.3 Å². The van der Waals surface area contributed by atoms with Gasteiger partial charge in [0.25, 0.3) is 0 Å². The molecule has 0 fully saturated rings. The van der Waals surface area contributed by atoms with Gasteiger partial charge in [-0.2, -0.15) is 0 Å². The molecule has 1 N–H and O–H groups in total. The summed E-state index contributed by atoms with van der Waals surface area (Å²) in [6.07, 6.45) is 3.44. The van der Waals surface area contributed by atoms with Gasteiger partial charge in [0.15, 0.2) is 0 Å². The van der Waals surface area contributed by atoms with E-state index in [9.17, 15) is 4.79 Å². The summed E-state index contributed by atoms with van der Waals surface area (Å²) in [6.45, 7) is 4.01. The molecule has 3 aromatic rings. The average molecular weight is 333 g/mol. The van der Waals surface area contributed by atoms with E-state index in [0.29, 0.717) is 0 Å². The lowest BCUT2D eigenvalue weighted by atomic mass is 10.1. The Morgan fingerprint density at radius 3 is 2.58 bits per heavy atom. The van der Waals surface area contributed by atoms with Gasteiger partial charge in [-0.25, -0.2) is 0 Å². The highest BCUT2D eigenvalue weighted by Gasteiger charge is 2.03. The molecule has 0 radical (unpaired) electrons. The molecule has 120 valence electrons. The fourth-order valence-electron chi connectivity index (χ4n) is 2.40. The third-order valence-corrected chi connectivity index (χ3v) is 4.83. The van der Waals surface area contributed by atoms with Crippen molar-refractivity contribution in [2.45, 2.75) is 13.8 Å². The molecule has 0 saturated heterocycles. The number of aryl methyl sites for hydroxylation is 2. The van der Waals surface area contributed by atoms with Crippen molar-refractivity contribution < 1.29 is 4.79 Å². The Morgan fingerprint density at radius 2 is 1.79 bits per heavy atom. The summed E-state index contributed by atoms with van der Waals surface area (Å²) in [6, 6.07) is 20.4. The number of benzene rings is 2. The Hall–Kier alpha value is -2.65. The number of hydrogen-bond donors (Lipinski definition) is 1. The molecule has 0 aliphatic heterocycles. The van der Waals surface area contributed by atoms with Gasteiger partial charge in [-0.15, -0.1) is 11.3 Å². The normalized spacial score (nSPS) is 10.9. The molecule has 24 heavy (non-hydrogen) atoms. The van der Waals surface area contributed by atoms with Gasteiger partial charge >= 0.3 is 0 Å². The maximum absolute atomic E-state index is 12.1. The molecule has 1 amide bonds. The second-order valence-corrected chi connectivity index (χ2v) is 6.82. The van der Waals surface area contributed by atoms with Crippen molar-refractivity contribution in [3.05, 3.63) is 82.7 Å². The molecule has 0 unspecified atom stereocenters. The number of rotatable bonds is 4. The molecule has 0 aliphatic rings. The quantitative estimate of drug-likeness (QED) is 0.611. The predicted octanol–water partition coefficient (Wildman–Crippen LogP) is 5.68. The fourth-order valence-corrected chi connectivity index (χ4v) is 3.32. The number of carbonyl (C=O) groups is 1. The van der Waals surface area contributed by atoms with Crippen LogP contribution in [-0.2, 0) is 4.79 Å². The minimum absolute atomic E-state index is 0.113. The van der Waals surface area contributed by atoms with Gasteiger partial charge in [0.1, 0.15) is 0 Å². The zero-order valence-corrected chi connectivity index (χ0v) is 14.6. The number of hydrogen-bond acceptors (Lipinski definition) is 2. The zero-order valence-electron chi connectivity index (χ0n) is 13.7. The highest BCUT2D eigenvalue weighted by atomic mass is 32.1. The van der Waals surface area contributed by atoms with Gasteiger partial charge < -0.3 is 5.32 Å². The first kappa shape index (κ1) is 16.2. The zero-order chi connectivity index (χ0) is 16.9. The monoisotopic (exact) mass is 333 g/mol. The summed E-state index contributed by atoms with van der Waals surface area (Å²) >= 11 is 1.67. The summed E-state index contributed by atoms with van der Waals surface area (Å²) in [4.78, 5) is 14.4. The first-order chi connectivity index (χ1) is 11.6. The van der Waals surface area contributed by atoms with E-state index in [-0.39, 0.29) is 5.91 Å². The summed E-state index contributed by atoms with van der Waals surface area (Å²) < 4.78 is 0. The van der Waals surface area contributed by atoms with E-state index in [1.165, 1.54) is 10.4 Å². The molecule has 0 saturated carbocycles. The molecule has 3 heteroatoms. The lowest BCUT2D eigenvalue weighted by molar-refractivity contribution is -0.111. The molecular weight excluding hydrogens is 314 g/mol. The number of nitrogens with one attached hydrogen (secondary N) is 1. The van der Waals surface area contributed by atoms with Crippen LogP contribution < -0.4 is 5.32 Å². The first-order valence-electron chi connectivity index (χ1n) is 7.83. The second-order valence-electron chi connectivity index (χ2n) is 5.71. The van der Waals surface area contributed by atoms with Gasteiger partial charge in [-0.1, -0.05) is 42.5 Å². The molecule has 0 bridgehead atoms. The van der Waals surface area contributed by atoms with Crippen LogP contribution in [0.15, 0.2) is 66.7 Å². The second kappa shape index (κ2) is 7.28. The van der Waals surface area contributed by atoms with Gasteiger partial charge in [0.05, 0.1) is 0 Å². The van der Waals surface area contributed by atoms with Crippen molar-refractivity contribution >= 4 is 29.0 Å². The predicted molar refractivity (Wildman–Crippen MR) is 103 cm³/mol. The van der Waals surface area contributed by atoms with E-state index in [1.54, 1.807) is 17.4 Å². The summed E-state index contributed by atoms with van der Waals surface area (Å²) in [7, 11) is 0. The summed E-state index contributed by atoms with van der Waals surface area (Å²) in [5, 5.41) is 2.94. The number of carbonyl (C=O) groups excluding carboxylic acids is 1. The van der Waals surface area contributed by atoms with Crippen LogP contribution in [0.3, 0.4) is 0 Å². The maximum Gasteiger partial charge on any atom is 0.248 e. The van der Waals surface area contributed by atoms with Crippen LogP contribution in [0.5, 0.6) is 0 Å². The van der Waals surface area contributed by atoms with Crippen LogP contribution in [0.2, 0.25) is 0 Å². The topological polar surface area (TPSA) is 29.1 Å². The van der Waals surface area contributed by atoms with Gasteiger partial charge in [0, 0.05) is 21.5 Å². The lowest BCUT2D eigenvalue weighted by Gasteiger charge is -2.07. The van der Waals surface area contributed by atoms with E-state index in [4.69, 9.17) is 0 Å². The van der Waals surface area contributed by atoms with Crippen LogP contribution in [0.4, 0.5) is 5.69 Å². The summed E-state index contributed by atoms with van der Waals surface area (Å²) in [5.41, 5.74) is 4.25. The third kappa shape index (κ3) is 4.00. The highest BCUT2D eigenvalue weighted by molar-refractivity contribution is 7.16. The van der Waals surface area contributed by atoms with Crippen molar-refractivity contribution in [2.75, 3.05) is 5.32 Å². The first-order valence-corrected chi connectivity index (χ1v) is 8.65. The molecule has 0 atom stereocenters. The van der Waals surface area contributed by atoms with Crippen LogP contribution in [0.1, 0.15) is 16.0 Å². The van der Waals surface area contributed by atoms with E-state index < -0.39 is 0 Å². The Kier molecular flexibility index (Phi) is 4.92. The van der Waals surface area contributed by atoms with E-state index in [1.807, 2.05) is 62.4 Å². The largest absolute Gasteiger partial charge is 0.322 e. The van der Waals surface area contributed by atoms with Crippen LogP contribution in [0.25, 0.3) is 16.5 Å². The maximum atomic E-state index is 12.1. The molecule has 1 aromatic heterocycles. The smallest absolute Gasteiger partial charge is 0.248 e. The Labute approximate surface area is 146 Å². The van der Waals surface area contributed by atoms with Gasteiger partial charge in [-0.05, 0) is 54.8 Å². The number of anilines is 1. The van der Waals surface area contributed by atoms with Crippen LogP contribution in [-0.4, -0.2) is 5.91 Å². The fraction of sp³-hybridized carbons (Fsp3) is 0.0952. The molecular formula is C21H19NOS. The molecule has 0 spiro atoms.